The number of carbonyl (C=O) groups is 1. The lowest BCUT2D eigenvalue weighted by atomic mass is 10.0. The number of rotatable bonds is 4. The zero-order valence-electron chi connectivity index (χ0n) is 15.9. The fourth-order valence-electron chi connectivity index (χ4n) is 3.91. The standard InChI is InChI=1S/C22H22N2O4/c1-27-15-9-10-17(20(13-15)28-2)19-8-5-11-24(19)22(26)18-12-14-6-3-4-7-16(14)21(25)23-18/h3-4,6-7,9-10,12-13,19H,5,8,11H2,1-2H3,(H,23,25). The van der Waals surface area contributed by atoms with Crippen LogP contribution >= 0.6 is 0 Å². The van der Waals surface area contributed by atoms with Crippen LogP contribution in [0.1, 0.15) is 34.9 Å². The first-order valence-electron chi connectivity index (χ1n) is 9.27. The van der Waals surface area contributed by atoms with Crippen molar-refractivity contribution in [3.05, 3.63) is 70.1 Å². The third-order valence-electron chi connectivity index (χ3n) is 5.30. The average Bonchev–Trinajstić information content (AvgIpc) is 3.22. The Morgan fingerprint density at radius 3 is 2.71 bits per heavy atom. The van der Waals surface area contributed by atoms with Crippen LogP contribution in [-0.4, -0.2) is 36.6 Å². The number of benzene rings is 2. The highest BCUT2D eigenvalue weighted by Crippen LogP contribution is 2.39. The van der Waals surface area contributed by atoms with Gasteiger partial charge in [0.2, 0.25) is 0 Å². The molecule has 4 rings (SSSR count). The van der Waals surface area contributed by atoms with Crippen LogP contribution in [0.15, 0.2) is 53.3 Å². The van der Waals surface area contributed by atoms with Crippen molar-refractivity contribution < 1.29 is 14.3 Å². The summed E-state index contributed by atoms with van der Waals surface area (Å²) in [4.78, 5) is 30.2. The molecule has 144 valence electrons. The Morgan fingerprint density at radius 2 is 1.93 bits per heavy atom. The summed E-state index contributed by atoms with van der Waals surface area (Å²) in [5.41, 5.74) is 1.000. The van der Waals surface area contributed by atoms with Gasteiger partial charge in [0, 0.05) is 23.6 Å². The van der Waals surface area contributed by atoms with E-state index in [1.807, 2.05) is 41.3 Å². The number of ether oxygens (including phenoxy) is 2. The normalized spacial score (nSPS) is 16.4. The molecule has 2 aromatic carbocycles. The zero-order valence-corrected chi connectivity index (χ0v) is 15.9. The number of H-pyrrole nitrogens is 1. The molecule has 0 radical (unpaired) electrons. The molecule has 1 atom stereocenters. The first-order chi connectivity index (χ1) is 13.6. The maximum absolute atomic E-state index is 13.2. The molecule has 1 unspecified atom stereocenters. The maximum Gasteiger partial charge on any atom is 0.270 e. The third kappa shape index (κ3) is 3.11. The molecule has 1 saturated heterocycles. The Balaban J connectivity index is 1.71. The van der Waals surface area contributed by atoms with Crippen molar-refractivity contribution in [1.29, 1.82) is 0 Å². The van der Waals surface area contributed by atoms with E-state index in [1.165, 1.54) is 0 Å². The number of carbonyl (C=O) groups excluding carboxylic acids is 1. The van der Waals surface area contributed by atoms with Crippen LogP contribution in [0.3, 0.4) is 0 Å². The molecule has 2 heterocycles. The fourth-order valence-corrected chi connectivity index (χ4v) is 3.91. The second-order valence-electron chi connectivity index (χ2n) is 6.86. The van der Waals surface area contributed by atoms with Crippen molar-refractivity contribution in [1.82, 2.24) is 9.88 Å². The third-order valence-corrected chi connectivity index (χ3v) is 5.30. The second kappa shape index (κ2) is 7.38. The number of nitrogens with one attached hydrogen (secondary N) is 1. The molecule has 6 nitrogen and oxygen atoms in total. The summed E-state index contributed by atoms with van der Waals surface area (Å²) in [7, 11) is 3.22. The van der Waals surface area contributed by atoms with Gasteiger partial charge in [-0.25, -0.2) is 0 Å². The molecule has 0 spiro atoms. The highest BCUT2D eigenvalue weighted by atomic mass is 16.5. The number of fused-ring (bicyclic) bond motifs is 1. The van der Waals surface area contributed by atoms with Crippen molar-refractivity contribution in [3.8, 4) is 11.5 Å². The SMILES string of the molecule is COc1ccc(C2CCCN2C(=O)c2cc3ccccc3c(=O)[nH]2)c(OC)c1. The Kier molecular flexibility index (Phi) is 4.77. The van der Waals surface area contributed by atoms with Gasteiger partial charge < -0.3 is 19.4 Å². The van der Waals surface area contributed by atoms with Crippen molar-refractivity contribution >= 4 is 16.7 Å². The van der Waals surface area contributed by atoms with E-state index in [1.54, 1.807) is 26.4 Å². The van der Waals surface area contributed by atoms with E-state index < -0.39 is 0 Å². The molecule has 1 amide bonds. The molecular formula is C22H22N2O4. The number of pyridine rings is 1. The van der Waals surface area contributed by atoms with Gasteiger partial charge in [0.05, 0.1) is 20.3 Å². The van der Waals surface area contributed by atoms with Crippen molar-refractivity contribution in [2.24, 2.45) is 0 Å². The second-order valence-corrected chi connectivity index (χ2v) is 6.86. The topological polar surface area (TPSA) is 71.6 Å². The smallest absolute Gasteiger partial charge is 0.270 e. The van der Waals surface area contributed by atoms with Crippen LogP contribution in [0.5, 0.6) is 11.5 Å². The first kappa shape index (κ1) is 18.1. The van der Waals surface area contributed by atoms with Crippen molar-refractivity contribution in [3.63, 3.8) is 0 Å². The Morgan fingerprint density at radius 1 is 1.11 bits per heavy atom. The van der Waals surface area contributed by atoms with E-state index in [0.29, 0.717) is 29.1 Å². The van der Waals surface area contributed by atoms with Gasteiger partial charge in [-0.1, -0.05) is 18.2 Å². The van der Waals surface area contributed by atoms with E-state index in [-0.39, 0.29) is 17.5 Å². The minimum Gasteiger partial charge on any atom is -0.497 e. The lowest BCUT2D eigenvalue weighted by Crippen LogP contribution is -2.32. The van der Waals surface area contributed by atoms with Gasteiger partial charge in [0.15, 0.2) is 0 Å². The van der Waals surface area contributed by atoms with Gasteiger partial charge >= 0.3 is 0 Å². The number of aromatic nitrogens is 1. The summed E-state index contributed by atoms with van der Waals surface area (Å²) < 4.78 is 10.8. The van der Waals surface area contributed by atoms with E-state index >= 15 is 0 Å². The molecule has 1 aromatic heterocycles. The zero-order chi connectivity index (χ0) is 19.7. The van der Waals surface area contributed by atoms with Gasteiger partial charge in [-0.3, -0.25) is 9.59 Å². The lowest BCUT2D eigenvalue weighted by molar-refractivity contribution is 0.0728. The van der Waals surface area contributed by atoms with Crippen molar-refractivity contribution in [2.75, 3.05) is 20.8 Å². The molecule has 1 aliphatic heterocycles. The minimum atomic E-state index is -0.251. The molecular weight excluding hydrogens is 356 g/mol. The van der Waals surface area contributed by atoms with Gasteiger partial charge in [0.1, 0.15) is 17.2 Å². The molecule has 1 aliphatic rings. The molecule has 1 N–H and O–H groups in total. The summed E-state index contributed by atoms with van der Waals surface area (Å²) >= 11 is 0. The van der Waals surface area contributed by atoms with Crippen LogP contribution in [0.25, 0.3) is 10.8 Å². The number of aromatic amines is 1. The highest BCUT2D eigenvalue weighted by molar-refractivity contribution is 5.96. The average molecular weight is 378 g/mol. The molecule has 6 heteroatoms. The molecule has 0 saturated carbocycles. The molecule has 0 aliphatic carbocycles. The van der Waals surface area contributed by atoms with Crippen LogP contribution < -0.4 is 15.0 Å². The Hall–Kier alpha value is -3.28. The van der Waals surface area contributed by atoms with Gasteiger partial charge in [-0.05, 0) is 42.5 Å². The predicted molar refractivity (Wildman–Crippen MR) is 107 cm³/mol. The summed E-state index contributed by atoms with van der Waals surface area (Å²) in [6, 6.07) is 14.5. The van der Waals surface area contributed by atoms with Crippen molar-refractivity contribution in [2.45, 2.75) is 18.9 Å². The van der Waals surface area contributed by atoms with Gasteiger partial charge in [0.25, 0.3) is 11.5 Å². The predicted octanol–water partition coefficient (Wildman–Crippen LogP) is 3.52. The van der Waals surface area contributed by atoms with Gasteiger partial charge in [-0.15, -0.1) is 0 Å². The number of nitrogens with zero attached hydrogens (tertiary/aromatic N) is 1. The highest BCUT2D eigenvalue weighted by Gasteiger charge is 2.33. The molecule has 3 aromatic rings. The van der Waals surface area contributed by atoms with Crippen LogP contribution in [0.2, 0.25) is 0 Å². The largest absolute Gasteiger partial charge is 0.497 e. The summed E-state index contributed by atoms with van der Waals surface area (Å²) in [6.45, 7) is 0.632. The summed E-state index contributed by atoms with van der Waals surface area (Å²) in [5, 5.41) is 1.33. The summed E-state index contributed by atoms with van der Waals surface area (Å²) in [6.07, 6.45) is 1.73. The lowest BCUT2D eigenvalue weighted by Gasteiger charge is -2.26. The molecule has 0 bridgehead atoms. The van der Waals surface area contributed by atoms with Crippen LogP contribution in [-0.2, 0) is 0 Å². The molecule has 28 heavy (non-hydrogen) atoms. The number of methoxy groups -OCH3 is 2. The number of hydrogen-bond acceptors (Lipinski definition) is 4. The van der Waals surface area contributed by atoms with Crippen LogP contribution in [0, 0.1) is 0 Å². The van der Waals surface area contributed by atoms with Crippen LogP contribution in [0.4, 0.5) is 0 Å². The number of amides is 1. The maximum atomic E-state index is 13.2. The minimum absolute atomic E-state index is 0.108. The van der Waals surface area contributed by atoms with E-state index in [9.17, 15) is 9.59 Å². The number of likely N-dealkylation sites (tertiary alicyclic amines) is 1. The van der Waals surface area contributed by atoms with E-state index in [0.717, 1.165) is 23.8 Å². The van der Waals surface area contributed by atoms with E-state index in [4.69, 9.17) is 9.47 Å². The quantitative estimate of drug-likeness (QED) is 0.754. The molecule has 1 fully saturated rings. The van der Waals surface area contributed by atoms with Gasteiger partial charge in [-0.2, -0.15) is 0 Å². The van der Waals surface area contributed by atoms with E-state index in [2.05, 4.69) is 4.98 Å². The fraction of sp³-hybridized carbons (Fsp3) is 0.273. The Bertz CT molecular complexity index is 1090. The Labute approximate surface area is 162 Å². The summed E-state index contributed by atoms with van der Waals surface area (Å²) in [5.74, 6) is 1.22. The monoisotopic (exact) mass is 378 g/mol. The first-order valence-corrected chi connectivity index (χ1v) is 9.27. The number of hydrogen-bond donors (Lipinski definition) is 1.